The molecule has 0 aliphatic carbocycles. The number of guanidine groups is 1. The third kappa shape index (κ3) is 9.70. The molecule has 0 saturated carbocycles. The van der Waals surface area contributed by atoms with Crippen molar-refractivity contribution in [3.63, 3.8) is 0 Å². The van der Waals surface area contributed by atoms with Gasteiger partial charge in [0, 0.05) is 31.8 Å². The number of hydrogen-bond acceptors (Lipinski definition) is 4. The minimum Gasteiger partial charge on any atom is -0.381 e. The average molecular weight is 524 g/mol. The number of piperidine rings is 2. The second-order valence-electron chi connectivity index (χ2n) is 9.02. The zero-order valence-corrected chi connectivity index (χ0v) is 21.7. The molecular formula is C22H46IN5O. The largest absolute Gasteiger partial charge is 0.381 e. The number of rotatable bonds is 10. The van der Waals surface area contributed by atoms with Gasteiger partial charge in [0.25, 0.3) is 0 Å². The van der Waals surface area contributed by atoms with E-state index in [1.165, 1.54) is 58.3 Å². The summed E-state index contributed by atoms with van der Waals surface area (Å²) in [7, 11) is 2.25. The Hall–Kier alpha value is -0.120. The maximum Gasteiger partial charge on any atom is 0.191 e. The van der Waals surface area contributed by atoms with Crippen LogP contribution in [0.4, 0.5) is 0 Å². The fourth-order valence-corrected chi connectivity index (χ4v) is 4.25. The molecule has 2 aliphatic rings. The first-order chi connectivity index (χ1) is 13.6. The summed E-state index contributed by atoms with van der Waals surface area (Å²) in [6.07, 6.45) is 7.55. The molecule has 2 saturated heterocycles. The zero-order chi connectivity index (χ0) is 20.2. The standard InChI is InChI=1S/C22H45N5O.HI/c1-5-23-21(24-12-9-17-28-18-20(2)3)25-19-22(10-15-26(4)16-11-22)27-13-7-6-8-14-27;/h20H,5-19H2,1-4H3,(H2,23,24,25);1H. The first-order valence-corrected chi connectivity index (χ1v) is 11.6. The molecule has 2 aliphatic heterocycles. The average Bonchev–Trinajstić information content (AvgIpc) is 2.70. The van der Waals surface area contributed by atoms with E-state index in [1.54, 1.807) is 0 Å². The minimum absolute atomic E-state index is 0. The van der Waals surface area contributed by atoms with Crippen LogP contribution < -0.4 is 10.6 Å². The molecule has 0 unspecified atom stereocenters. The first-order valence-electron chi connectivity index (χ1n) is 11.6. The molecule has 0 radical (unpaired) electrons. The fraction of sp³-hybridized carbons (Fsp3) is 0.955. The molecule has 0 spiro atoms. The molecule has 0 bridgehead atoms. The lowest BCUT2D eigenvalue weighted by Gasteiger charge is -2.49. The molecule has 0 atom stereocenters. The van der Waals surface area contributed by atoms with E-state index in [1.807, 2.05) is 0 Å². The van der Waals surface area contributed by atoms with Crippen molar-refractivity contribution < 1.29 is 4.74 Å². The predicted octanol–water partition coefficient (Wildman–Crippen LogP) is 3.17. The van der Waals surface area contributed by atoms with E-state index in [0.29, 0.717) is 5.92 Å². The van der Waals surface area contributed by atoms with E-state index in [4.69, 9.17) is 9.73 Å². The Kier molecular flexibility index (Phi) is 13.7. The molecule has 2 rings (SSSR count). The van der Waals surface area contributed by atoms with Crippen LogP contribution in [0.15, 0.2) is 4.99 Å². The third-order valence-electron chi connectivity index (χ3n) is 6.03. The summed E-state index contributed by atoms with van der Waals surface area (Å²) in [4.78, 5) is 10.3. The molecule has 0 aromatic rings. The number of hydrogen-bond donors (Lipinski definition) is 2. The van der Waals surface area contributed by atoms with E-state index in [2.05, 4.69) is 48.3 Å². The second-order valence-corrected chi connectivity index (χ2v) is 9.02. The summed E-state index contributed by atoms with van der Waals surface area (Å²) in [5.74, 6) is 1.56. The van der Waals surface area contributed by atoms with Crippen molar-refractivity contribution in [2.75, 3.05) is 66.1 Å². The number of likely N-dealkylation sites (tertiary alicyclic amines) is 2. The summed E-state index contributed by atoms with van der Waals surface area (Å²) < 4.78 is 5.69. The minimum atomic E-state index is 0. The highest BCUT2D eigenvalue weighted by molar-refractivity contribution is 14.0. The Labute approximate surface area is 196 Å². The molecule has 6 nitrogen and oxygen atoms in total. The molecule has 7 heteroatoms. The van der Waals surface area contributed by atoms with Crippen LogP contribution in [-0.4, -0.2) is 87.4 Å². The molecule has 172 valence electrons. The summed E-state index contributed by atoms with van der Waals surface area (Å²) in [5.41, 5.74) is 0.246. The van der Waals surface area contributed by atoms with Crippen molar-refractivity contribution in [1.82, 2.24) is 20.4 Å². The van der Waals surface area contributed by atoms with Gasteiger partial charge in [0.1, 0.15) is 0 Å². The Balaban J connectivity index is 0.00000420. The molecule has 2 fully saturated rings. The van der Waals surface area contributed by atoms with Crippen molar-refractivity contribution in [1.29, 1.82) is 0 Å². The molecule has 29 heavy (non-hydrogen) atoms. The van der Waals surface area contributed by atoms with Gasteiger partial charge in [-0.25, -0.2) is 0 Å². The summed E-state index contributed by atoms with van der Waals surface area (Å²) in [5, 5.41) is 6.94. The van der Waals surface area contributed by atoms with Gasteiger partial charge in [-0.3, -0.25) is 9.89 Å². The van der Waals surface area contributed by atoms with Crippen molar-refractivity contribution in [3.8, 4) is 0 Å². The van der Waals surface area contributed by atoms with Crippen LogP contribution in [-0.2, 0) is 4.74 Å². The molecule has 0 aromatic heterocycles. The Morgan fingerprint density at radius 3 is 2.38 bits per heavy atom. The monoisotopic (exact) mass is 523 g/mol. The smallest absolute Gasteiger partial charge is 0.191 e. The lowest BCUT2D eigenvalue weighted by molar-refractivity contribution is 0.0208. The number of aliphatic imine (C=N–C) groups is 1. The van der Waals surface area contributed by atoms with Gasteiger partial charge in [-0.1, -0.05) is 20.3 Å². The van der Waals surface area contributed by atoms with Gasteiger partial charge in [-0.05, 0) is 78.2 Å². The normalized spacial score (nSPS) is 21.1. The Morgan fingerprint density at radius 1 is 1.07 bits per heavy atom. The van der Waals surface area contributed by atoms with Crippen molar-refractivity contribution in [2.24, 2.45) is 10.9 Å². The Morgan fingerprint density at radius 2 is 1.76 bits per heavy atom. The molecule has 0 amide bonds. The second kappa shape index (κ2) is 14.8. The van der Waals surface area contributed by atoms with Crippen LogP contribution in [0.2, 0.25) is 0 Å². The van der Waals surface area contributed by atoms with Crippen molar-refractivity contribution >= 4 is 29.9 Å². The topological polar surface area (TPSA) is 52.1 Å². The van der Waals surface area contributed by atoms with Crippen LogP contribution in [0.3, 0.4) is 0 Å². The van der Waals surface area contributed by atoms with Gasteiger partial charge < -0.3 is 20.3 Å². The lowest BCUT2D eigenvalue weighted by atomic mass is 9.84. The summed E-state index contributed by atoms with van der Waals surface area (Å²) in [6.45, 7) is 15.7. The number of ether oxygens (including phenoxy) is 1. The lowest BCUT2D eigenvalue weighted by Crippen LogP contribution is -2.58. The quantitative estimate of drug-likeness (QED) is 0.200. The van der Waals surface area contributed by atoms with Gasteiger partial charge in [0.15, 0.2) is 5.96 Å². The SMILES string of the molecule is CCNC(=NCC1(N2CCCCC2)CCN(C)CC1)NCCCOCC(C)C.I. The first kappa shape index (κ1) is 26.9. The van der Waals surface area contributed by atoms with Gasteiger partial charge in [0.2, 0.25) is 0 Å². The van der Waals surface area contributed by atoms with Crippen molar-refractivity contribution in [2.45, 2.75) is 64.8 Å². The summed E-state index contributed by atoms with van der Waals surface area (Å²) >= 11 is 0. The number of halogens is 1. The molecule has 0 aromatic carbocycles. The molecule has 2 N–H and O–H groups in total. The van der Waals surface area contributed by atoms with E-state index in [9.17, 15) is 0 Å². The van der Waals surface area contributed by atoms with Gasteiger partial charge in [-0.2, -0.15) is 0 Å². The van der Waals surface area contributed by atoms with Gasteiger partial charge >= 0.3 is 0 Å². The van der Waals surface area contributed by atoms with Crippen LogP contribution in [0.25, 0.3) is 0 Å². The van der Waals surface area contributed by atoms with E-state index < -0.39 is 0 Å². The fourth-order valence-electron chi connectivity index (χ4n) is 4.25. The highest BCUT2D eigenvalue weighted by Crippen LogP contribution is 2.31. The Bertz CT molecular complexity index is 446. The highest BCUT2D eigenvalue weighted by atomic mass is 127. The maximum absolute atomic E-state index is 5.69. The van der Waals surface area contributed by atoms with Crippen LogP contribution >= 0.6 is 24.0 Å². The number of nitrogens with one attached hydrogen (secondary N) is 2. The van der Waals surface area contributed by atoms with Crippen LogP contribution in [0.5, 0.6) is 0 Å². The van der Waals surface area contributed by atoms with Gasteiger partial charge in [-0.15, -0.1) is 24.0 Å². The number of nitrogens with zero attached hydrogens (tertiary/aromatic N) is 3. The molecule has 2 heterocycles. The summed E-state index contributed by atoms with van der Waals surface area (Å²) in [6, 6.07) is 0. The van der Waals surface area contributed by atoms with E-state index in [-0.39, 0.29) is 29.5 Å². The van der Waals surface area contributed by atoms with Crippen LogP contribution in [0.1, 0.15) is 59.3 Å². The third-order valence-corrected chi connectivity index (χ3v) is 6.03. The predicted molar refractivity (Wildman–Crippen MR) is 135 cm³/mol. The van der Waals surface area contributed by atoms with E-state index >= 15 is 0 Å². The van der Waals surface area contributed by atoms with Crippen molar-refractivity contribution in [3.05, 3.63) is 0 Å². The maximum atomic E-state index is 5.69. The van der Waals surface area contributed by atoms with Gasteiger partial charge in [0.05, 0.1) is 6.54 Å². The highest BCUT2D eigenvalue weighted by Gasteiger charge is 2.39. The van der Waals surface area contributed by atoms with E-state index in [0.717, 1.165) is 45.2 Å². The zero-order valence-electron chi connectivity index (χ0n) is 19.3. The van der Waals surface area contributed by atoms with Crippen LogP contribution in [0, 0.1) is 5.92 Å². The molecular weight excluding hydrogens is 477 g/mol.